The summed E-state index contributed by atoms with van der Waals surface area (Å²) >= 11 is 0. The van der Waals surface area contributed by atoms with Crippen molar-refractivity contribution in [1.29, 1.82) is 0 Å². The number of unbranched alkanes of at least 4 members (excludes halogenated alkanes) is 1. The highest BCUT2D eigenvalue weighted by molar-refractivity contribution is 5.15. The number of aryl methyl sites for hydroxylation is 1. The van der Waals surface area contributed by atoms with Gasteiger partial charge in [0.15, 0.2) is 0 Å². The maximum atomic E-state index is 10.2. The molecule has 0 spiro atoms. The minimum absolute atomic E-state index is 0.290. The third-order valence-electron chi connectivity index (χ3n) is 3.93. The zero-order valence-corrected chi connectivity index (χ0v) is 13.5. The lowest BCUT2D eigenvalue weighted by Gasteiger charge is -2.20. The Bertz CT molecular complexity index is 512. The van der Waals surface area contributed by atoms with Crippen LogP contribution >= 0.6 is 0 Å². The molecule has 0 aliphatic carbocycles. The Morgan fingerprint density at radius 2 is 1.45 bits per heavy atom. The van der Waals surface area contributed by atoms with E-state index in [2.05, 4.69) is 54.4 Å². The van der Waals surface area contributed by atoms with Crippen molar-refractivity contribution in [2.45, 2.75) is 31.8 Å². The molecule has 1 N–H and O–H groups in total. The van der Waals surface area contributed by atoms with Gasteiger partial charge < -0.3 is 10.0 Å². The Morgan fingerprint density at radius 3 is 2.09 bits per heavy atom. The van der Waals surface area contributed by atoms with Crippen LogP contribution in [0.1, 0.15) is 24.0 Å². The van der Waals surface area contributed by atoms with Gasteiger partial charge in [-0.2, -0.15) is 0 Å². The van der Waals surface area contributed by atoms with Crippen LogP contribution in [0.3, 0.4) is 0 Å². The minimum atomic E-state index is -0.290. The normalized spacial score (nSPS) is 12.5. The summed E-state index contributed by atoms with van der Waals surface area (Å²) in [6, 6.07) is 20.8. The van der Waals surface area contributed by atoms with Crippen LogP contribution in [0.2, 0.25) is 0 Å². The van der Waals surface area contributed by atoms with Crippen molar-refractivity contribution in [3.05, 3.63) is 71.8 Å². The fraction of sp³-hybridized carbons (Fsp3) is 0.400. The van der Waals surface area contributed by atoms with E-state index in [1.54, 1.807) is 0 Å². The molecule has 0 aliphatic rings. The standard InChI is InChI=1S/C20H27NO/c1-21(15-9-8-12-18-10-4-2-5-11-18)17-20(22)16-19-13-6-3-7-14-19/h2-7,10-11,13-14,20,22H,8-9,12,15-17H2,1H3. The monoisotopic (exact) mass is 297 g/mol. The average molecular weight is 297 g/mol. The topological polar surface area (TPSA) is 23.5 Å². The van der Waals surface area contributed by atoms with Crippen LogP contribution in [0, 0.1) is 0 Å². The lowest BCUT2D eigenvalue weighted by molar-refractivity contribution is 0.125. The summed E-state index contributed by atoms with van der Waals surface area (Å²) in [7, 11) is 2.09. The second-order valence-corrected chi connectivity index (χ2v) is 6.05. The Hall–Kier alpha value is -1.64. The van der Waals surface area contributed by atoms with Crippen LogP contribution in [0.4, 0.5) is 0 Å². The molecule has 0 heterocycles. The second kappa shape index (κ2) is 9.39. The molecule has 0 saturated carbocycles. The maximum absolute atomic E-state index is 10.2. The average Bonchev–Trinajstić information content (AvgIpc) is 2.53. The molecule has 0 aromatic heterocycles. The SMILES string of the molecule is CN(CCCCc1ccccc1)CC(O)Cc1ccccc1. The summed E-state index contributed by atoms with van der Waals surface area (Å²) in [5.74, 6) is 0. The molecule has 1 unspecified atom stereocenters. The number of hydrogen-bond donors (Lipinski definition) is 1. The number of likely N-dealkylation sites (N-methyl/N-ethyl adjacent to an activating group) is 1. The Balaban J connectivity index is 1.60. The number of nitrogens with zero attached hydrogens (tertiary/aromatic N) is 1. The molecule has 0 aliphatic heterocycles. The van der Waals surface area contributed by atoms with Gasteiger partial charge >= 0.3 is 0 Å². The zero-order valence-electron chi connectivity index (χ0n) is 13.5. The lowest BCUT2D eigenvalue weighted by atomic mass is 10.1. The molecule has 22 heavy (non-hydrogen) atoms. The summed E-state index contributed by atoms with van der Waals surface area (Å²) in [6.07, 6.45) is 3.95. The van der Waals surface area contributed by atoms with E-state index < -0.39 is 0 Å². The Kier molecular flexibility index (Phi) is 7.14. The van der Waals surface area contributed by atoms with Crippen molar-refractivity contribution in [3.63, 3.8) is 0 Å². The van der Waals surface area contributed by atoms with Gasteiger partial charge in [0.25, 0.3) is 0 Å². The molecular weight excluding hydrogens is 270 g/mol. The molecule has 2 rings (SSSR count). The quantitative estimate of drug-likeness (QED) is 0.716. The van der Waals surface area contributed by atoms with Crippen LogP contribution in [-0.2, 0) is 12.8 Å². The van der Waals surface area contributed by atoms with Crippen LogP contribution in [0.25, 0.3) is 0 Å². The number of aliphatic hydroxyl groups is 1. The summed E-state index contributed by atoms with van der Waals surface area (Å²) in [6.45, 7) is 1.78. The smallest absolute Gasteiger partial charge is 0.0707 e. The molecule has 0 bridgehead atoms. The highest BCUT2D eigenvalue weighted by Crippen LogP contribution is 2.07. The van der Waals surface area contributed by atoms with E-state index >= 15 is 0 Å². The molecule has 2 nitrogen and oxygen atoms in total. The summed E-state index contributed by atoms with van der Waals surface area (Å²) in [5, 5.41) is 10.2. The fourth-order valence-electron chi connectivity index (χ4n) is 2.76. The molecule has 0 saturated heterocycles. The van der Waals surface area contributed by atoms with E-state index in [1.165, 1.54) is 24.0 Å². The van der Waals surface area contributed by atoms with E-state index in [-0.39, 0.29) is 6.10 Å². The van der Waals surface area contributed by atoms with Gasteiger partial charge in [-0.15, -0.1) is 0 Å². The van der Waals surface area contributed by atoms with Crippen molar-refractivity contribution in [3.8, 4) is 0 Å². The fourth-order valence-corrected chi connectivity index (χ4v) is 2.76. The number of rotatable bonds is 9. The molecule has 2 aromatic rings. The van der Waals surface area contributed by atoms with Gasteiger partial charge in [0.05, 0.1) is 6.10 Å². The molecule has 0 fully saturated rings. The number of aliphatic hydroxyl groups excluding tert-OH is 1. The maximum Gasteiger partial charge on any atom is 0.0707 e. The number of hydrogen-bond acceptors (Lipinski definition) is 2. The number of benzene rings is 2. The summed E-state index contributed by atoms with van der Waals surface area (Å²) in [4.78, 5) is 2.23. The van der Waals surface area contributed by atoms with Gasteiger partial charge in [-0.05, 0) is 50.4 Å². The van der Waals surface area contributed by atoms with Crippen molar-refractivity contribution < 1.29 is 5.11 Å². The predicted octanol–water partition coefficient (Wildman–Crippen LogP) is 3.54. The lowest BCUT2D eigenvalue weighted by Crippen LogP contribution is -2.31. The molecule has 0 radical (unpaired) electrons. The largest absolute Gasteiger partial charge is 0.391 e. The molecule has 0 amide bonds. The van der Waals surface area contributed by atoms with Gasteiger partial charge in [-0.25, -0.2) is 0 Å². The molecule has 118 valence electrons. The molecular formula is C20H27NO. The highest BCUT2D eigenvalue weighted by Gasteiger charge is 2.08. The van der Waals surface area contributed by atoms with E-state index in [9.17, 15) is 5.11 Å². The summed E-state index contributed by atoms with van der Waals surface area (Å²) < 4.78 is 0. The third kappa shape index (κ3) is 6.42. The van der Waals surface area contributed by atoms with E-state index in [0.717, 1.165) is 25.9 Å². The van der Waals surface area contributed by atoms with Crippen LogP contribution in [0.15, 0.2) is 60.7 Å². The van der Waals surface area contributed by atoms with E-state index in [0.29, 0.717) is 0 Å². The van der Waals surface area contributed by atoms with Crippen molar-refractivity contribution in [1.82, 2.24) is 4.90 Å². The van der Waals surface area contributed by atoms with Gasteiger partial charge in [0, 0.05) is 6.54 Å². The Labute approximate surface area is 134 Å². The van der Waals surface area contributed by atoms with Crippen LogP contribution in [-0.4, -0.2) is 36.2 Å². The van der Waals surface area contributed by atoms with Gasteiger partial charge in [-0.3, -0.25) is 0 Å². The third-order valence-corrected chi connectivity index (χ3v) is 3.93. The molecule has 2 heteroatoms. The van der Waals surface area contributed by atoms with Gasteiger partial charge in [0.2, 0.25) is 0 Å². The predicted molar refractivity (Wildman–Crippen MR) is 93.0 cm³/mol. The first-order valence-corrected chi connectivity index (χ1v) is 8.18. The van der Waals surface area contributed by atoms with E-state index in [4.69, 9.17) is 0 Å². The summed E-state index contributed by atoms with van der Waals surface area (Å²) in [5.41, 5.74) is 2.61. The zero-order chi connectivity index (χ0) is 15.6. The Morgan fingerprint density at radius 1 is 0.864 bits per heavy atom. The van der Waals surface area contributed by atoms with Gasteiger partial charge in [0.1, 0.15) is 0 Å². The van der Waals surface area contributed by atoms with E-state index in [1.807, 2.05) is 18.2 Å². The van der Waals surface area contributed by atoms with Crippen molar-refractivity contribution >= 4 is 0 Å². The first-order valence-electron chi connectivity index (χ1n) is 8.18. The van der Waals surface area contributed by atoms with Gasteiger partial charge in [-0.1, -0.05) is 60.7 Å². The van der Waals surface area contributed by atoms with Crippen molar-refractivity contribution in [2.75, 3.05) is 20.1 Å². The molecule has 2 aromatic carbocycles. The van der Waals surface area contributed by atoms with Crippen molar-refractivity contribution in [2.24, 2.45) is 0 Å². The van der Waals surface area contributed by atoms with Crippen LogP contribution < -0.4 is 0 Å². The van der Waals surface area contributed by atoms with Crippen LogP contribution in [0.5, 0.6) is 0 Å². The minimum Gasteiger partial charge on any atom is -0.391 e. The second-order valence-electron chi connectivity index (χ2n) is 6.05. The highest BCUT2D eigenvalue weighted by atomic mass is 16.3. The first kappa shape index (κ1) is 16.7. The first-order chi connectivity index (χ1) is 10.7. The molecule has 1 atom stereocenters.